The molecule has 2 aromatic carbocycles. The third-order valence-electron chi connectivity index (χ3n) is 2.98. The van der Waals surface area contributed by atoms with E-state index in [1.807, 2.05) is 0 Å². The van der Waals surface area contributed by atoms with Crippen LogP contribution in [0.4, 0.5) is 11.4 Å². The van der Waals surface area contributed by atoms with Crippen LogP contribution in [0.1, 0.15) is 26.3 Å². The van der Waals surface area contributed by atoms with Crippen molar-refractivity contribution in [2.75, 3.05) is 5.32 Å². The van der Waals surface area contributed by atoms with Gasteiger partial charge in [-0.2, -0.15) is 0 Å². The van der Waals surface area contributed by atoms with Crippen LogP contribution in [-0.2, 0) is 0 Å². The zero-order valence-corrected chi connectivity index (χ0v) is 11.9. The minimum atomic E-state index is -0.983. The van der Waals surface area contributed by atoms with E-state index in [1.54, 1.807) is 31.2 Å². The molecule has 0 atom stereocenters. The first-order valence-corrected chi connectivity index (χ1v) is 6.46. The van der Waals surface area contributed by atoms with Gasteiger partial charge < -0.3 is 16.2 Å². The van der Waals surface area contributed by atoms with E-state index in [0.29, 0.717) is 22.0 Å². The second-order valence-electron chi connectivity index (χ2n) is 4.51. The fourth-order valence-electron chi connectivity index (χ4n) is 1.97. The van der Waals surface area contributed by atoms with Crippen LogP contribution in [0.3, 0.4) is 0 Å². The van der Waals surface area contributed by atoms with E-state index < -0.39 is 11.9 Å². The number of anilines is 2. The van der Waals surface area contributed by atoms with Gasteiger partial charge in [-0.3, -0.25) is 4.79 Å². The first kappa shape index (κ1) is 14.9. The van der Waals surface area contributed by atoms with Crippen LogP contribution >= 0.6 is 11.6 Å². The Bertz CT molecular complexity index is 729. The predicted molar refractivity (Wildman–Crippen MR) is 81.4 cm³/mol. The molecular weight excluding hydrogens is 292 g/mol. The minimum Gasteiger partial charge on any atom is -0.478 e. The largest absolute Gasteiger partial charge is 0.478 e. The number of halogens is 1. The fraction of sp³-hybridized carbons (Fsp3) is 0.0667. The van der Waals surface area contributed by atoms with Crippen molar-refractivity contribution in [3.05, 3.63) is 58.1 Å². The van der Waals surface area contributed by atoms with E-state index in [9.17, 15) is 9.59 Å². The van der Waals surface area contributed by atoms with E-state index in [2.05, 4.69) is 5.32 Å². The number of carboxylic acids is 1. The third-order valence-corrected chi connectivity index (χ3v) is 3.22. The number of benzene rings is 2. The molecule has 0 radical (unpaired) electrons. The van der Waals surface area contributed by atoms with Crippen molar-refractivity contribution in [1.29, 1.82) is 0 Å². The highest BCUT2D eigenvalue weighted by Gasteiger charge is 2.11. The number of carbonyl (C=O) groups is 2. The lowest BCUT2D eigenvalue weighted by atomic mass is 10.1. The Morgan fingerprint density at radius 3 is 2.43 bits per heavy atom. The summed E-state index contributed by atoms with van der Waals surface area (Å²) in [6.45, 7) is 1.70. The van der Waals surface area contributed by atoms with Crippen molar-refractivity contribution >= 4 is 34.9 Å². The van der Waals surface area contributed by atoms with Crippen molar-refractivity contribution in [3.63, 3.8) is 0 Å². The van der Waals surface area contributed by atoms with Crippen LogP contribution in [0.5, 0.6) is 0 Å². The molecule has 0 heterocycles. The molecule has 0 aliphatic heterocycles. The predicted octanol–water partition coefficient (Wildman–Crippen LogP) is 3.19. The monoisotopic (exact) mass is 304 g/mol. The first-order chi connectivity index (χ1) is 9.88. The smallest absolute Gasteiger partial charge is 0.335 e. The van der Waals surface area contributed by atoms with Crippen LogP contribution < -0.4 is 11.1 Å². The minimum absolute atomic E-state index is 0.229. The van der Waals surface area contributed by atoms with Gasteiger partial charge in [0.05, 0.1) is 16.8 Å². The molecule has 0 fully saturated rings. The highest BCUT2D eigenvalue weighted by atomic mass is 35.5. The molecule has 108 valence electrons. The van der Waals surface area contributed by atoms with Gasteiger partial charge in [0, 0.05) is 10.7 Å². The number of aromatic carboxylic acids is 1. The topological polar surface area (TPSA) is 92.4 Å². The molecule has 4 N–H and O–H groups in total. The Balaban J connectivity index is 2.37. The average molecular weight is 305 g/mol. The maximum atomic E-state index is 11.4. The zero-order valence-electron chi connectivity index (χ0n) is 11.2. The Morgan fingerprint density at radius 2 is 1.86 bits per heavy atom. The molecule has 6 heteroatoms. The lowest BCUT2D eigenvalue weighted by Gasteiger charge is -2.12. The summed E-state index contributed by atoms with van der Waals surface area (Å²) in [5.74, 6) is -1.58. The third kappa shape index (κ3) is 3.32. The number of hydrogen-bond donors (Lipinski definition) is 3. The quantitative estimate of drug-likeness (QED) is 0.808. The van der Waals surface area contributed by atoms with Gasteiger partial charge in [0.2, 0.25) is 0 Å². The van der Waals surface area contributed by atoms with Crippen molar-refractivity contribution in [2.45, 2.75) is 6.92 Å². The van der Waals surface area contributed by atoms with Crippen LogP contribution in [-0.4, -0.2) is 17.0 Å². The summed E-state index contributed by atoms with van der Waals surface area (Å²) >= 11 is 5.84. The molecule has 21 heavy (non-hydrogen) atoms. The molecular formula is C15H13ClN2O3. The first-order valence-electron chi connectivity index (χ1n) is 6.09. The number of amides is 1. The molecule has 0 aliphatic carbocycles. The fourth-order valence-corrected chi connectivity index (χ4v) is 2.14. The molecule has 0 aromatic heterocycles. The van der Waals surface area contributed by atoms with Crippen LogP contribution in [0, 0.1) is 6.92 Å². The Labute approximate surface area is 126 Å². The standard InChI is InChI=1S/C15H13ClN2O3/c1-8-6-10(3-4-11(8)15(20)21)18-13-5-2-9(16)7-12(13)14(17)19/h2-7,18H,1H3,(H2,17,19)(H,20,21). The van der Waals surface area contributed by atoms with Crippen LogP contribution in [0.2, 0.25) is 5.02 Å². The second kappa shape index (κ2) is 5.85. The molecule has 2 aromatic rings. The van der Waals surface area contributed by atoms with Crippen molar-refractivity contribution in [1.82, 2.24) is 0 Å². The zero-order chi connectivity index (χ0) is 15.6. The van der Waals surface area contributed by atoms with Crippen LogP contribution in [0.15, 0.2) is 36.4 Å². The highest BCUT2D eigenvalue weighted by molar-refractivity contribution is 6.31. The molecule has 0 aliphatic rings. The van der Waals surface area contributed by atoms with Crippen LogP contribution in [0.25, 0.3) is 0 Å². The number of nitrogens with two attached hydrogens (primary N) is 1. The molecule has 0 bridgehead atoms. The van der Waals surface area contributed by atoms with Gasteiger partial charge in [-0.05, 0) is 48.9 Å². The maximum Gasteiger partial charge on any atom is 0.335 e. The average Bonchev–Trinajstić information content (AvgIpc) is 2.40. The van der Waals surface area contributed by atoms with Crippen molar-refractivity contribution < 1.29 is 14.7 Å². The number of nitrogens with one attached hydrogen (secondary N) is 1. The Hall–Kier alpha value is -2.53. The SMILES string of the molecule is Cc1cc(Nc2ccc(Cl)cc2C(N)=O)ccc1C(=O)O. The summed E-state index contributed by atoms with van der Waals surface area (Å²) in [5.41, 5.74) is 7.59. The number of hydrogen-bond acceptors (Lipinski definition) is 3. The van der Waals surface area contributed by atoms with Gasteiger partial charge in [-0.1, -0.05) is 11.6 Å². The summed E-state index contributed by atoms with van der Waals surface area (Å²) in [6, 6.07) is 9.56. The summed E-state index contributed by atoms with van der Waals surface area (Å²) in [7, 11) is 0. The maximum absolute atomic E-state index is 11.4. The second-order valence-corrected chi connectivity index (χ2v) is 4.95. The summed E-state index contributed by atoms with van der Waals surface area (Å²) in [5, 5.41) is 12.4. The Morgan fingerprint density at radius 1 is 1.14 bits per heavy atom. The van der Waals surface area contributed by atoms with E-state index in [4.69, 9.17) is 22.4 Å². The molecule has 0 saturated carbocycles. The molecule has 0 spiro atoms. The number of carbonyl (C=O) groups excluding carboxylic acids is 1. The summed E-state index contributed by atoms with van der Waals surface area (Å²) in [4.78, 5) is 22.4. The summed E-state index contributed by atoms with van der Waals surface area (Å²) < 4.78 is 0. The molecule has 0 unspecified atom stereocenters. The number of primary amides is 1. The van der Waals surface area contributed by atoms with Crippen molar-refractivity contribution in [2.24, 2.45) is 5.73 Å². The van der Waals surface area contributed by atoms with E-state index in [0.717, 1.165) is 0 Å². The lowest BCUT2D eigenvalue weighted by Crippen LogP contribution is -2.13. The van der Waals surface area contributed by atoms with E-state index in [-0.39, 0.29) is 11.1 Å². The van der Waals surface area contributed by atoms with Gasteiger partial charge >= 0.3 is 5.97 Å². The normalized spacial score (nSPS) is 10.2. The van der Waals surface area contributed by atoms with E-state index in [1.165, 1.54) is 12.1 Å². The van der Waals surface area contributed by atoms with Gasteiger partial charge in [0.15, 0.2) is 0 Å². The lowest BCUT2D eigenvalue weighted by molar-refractivity contribution is 0.0696. The molecule has 2 rings (SSSR count). The Kier molecular flexibility index (Phi) is 4.14. The van der Waals surface area contributed by atoms with Gasteiger partial charge in [0.25, 0.3) is 5.91 Å². The van der Waals surface area contributed by atoms with E-state index >= 15 is 0 Å². The molecule has 1 amide bonds. The van der Waals surface area contributed by atoms with Gasteiger partial charge in [-0.15, -0.1) is 0 Å². The number of carboxylic acid groups (broad SMARTS) is 1. The van der Waals surface area contributed by atoms with Crippen molar-refractivity contribution in [3.8, 4) is 0 Å². The van der Waals surface area contributed by atoms with Gasteiger partial charge in [0.1, 0.15) is 0 Å². The highest BCUT2D eigenvalue weighted by Crippen LogP contribution is 2.25. The van der Waals surface area contributed by atoms with Gasteiger partial charge in [-0.25, -0.2) is 4.79 Å². The summed E-state index contributed by atoms with van der Waals surface area (Å²) in [6.07, 6.45) is 0. The molecule has 0 saturated heterocycles. The number of rotatable bonds is 4. The number of aryl methyl sites for hydroxylation is 1. The molecule has 5 nitrogen and oxygen atoms in total.